The number of hydrogen-bond acceptors (Lipinski definition) is 6. The van der Waals surface area contributed by atoms with Crippen LogP contribution in [-0.2, 0) is 11.3 Å². The van der Waals surface area contributed by atoms with Gasteiger partial charge in [0.25, 0.3) is 11.2 Å². The monoisotopic (exact) mass is 360 g/mol. The van der Waals surface area contributed by atoms with Crippen molar-refractivity contribution in [1.29, 1.82) is 0 Å². The van der Waals surface area contributed by atoms with Gasteiger partial charge in [-0.1, -0.05) is 17.8 Å². The predicted octanol–water partition coefficient (Wildman–Crippen LogP) is 2.13. The van der Waals surface area contributed by atoms with Crippen LogP contribution >= 0.6 is 11.8 Å². The Morgan fingerprint density at radius 1 is 1.40 bits per heavy atom. The van der Waals surface area contributed by atoms with E-state index in [4.69, 9.17) is 0 Å². The summed E-state index contributed by atoms with van der Waals surface area (Å²) in [6.45, 7) is 3.70. The number of nitro groups is 1. The first-order valence-electron chi connectivity index (χ1n) is 7.62. The minimum absolute atomic E-state index is 0.0830. The number of benzene rings is 1. The minimum Gasteiger partial charge on any atom is -0.325 e. The van der Waals surface area contributed by atoms with Gasteiger partial charge in [0.05, 0.1) is 16.5 Å². The Kier molecular flexibility index (Phi) is 4.58. The summed E-state index contributed by atoms with van der Waals surface area (Å²) in [5.74, 6) is -0.192. The normalized spacial score (nSPS) is 16.2. The molecule has 1 aliphatic rings. The summed E-state index contributed by atoms with van der Waals surface area (Å²) in [6.07, 6.45) is 1.54. The summed E-state index contributed by atoms with van der Waals surface area (Å²) in [6, 6.07) is 4.33. The van der Waals surface area contributed by atoms with Gasteiger partial charge < -0.3 is 5.32 Å². The Labute approximate surface area is 147 Å². The van der Waals surface area contributed by atoms with Gasteiger partial charge in [-0.25, -0.2) is 4.98 Å². The second-order valence-electron chi connectivity index (χ2n) is 5.89. The van der Waals surface area contributed by atoms with Gasteiger partial charge in [-0.2, -0.15) is 0 Å². The topological polar surface area (TPSA) is 107 Å². The Hall–Kier alpha value is -2.68. The number of thioether (sulfide) groups is 1. The molecule has 0 spiro atoms. The van der Waals surface area contributed by atoms with E-state index >= 15 is 0 Å². The number of rotatable bonds is 3. The highest BCUT2D eigenvalue weighted by molar-refractivity contribution is 7.99. The zero-order chi connectivity index (χ0) is 18.1. The largest absolute Gasteiger partial charge is 0.325 e. The summed E-state index contributed by atoms with van der Waals surface area (Å²) >= 11 is 1.35. The fourth-order valence-corrected chi connectivity index (χ4v) is 3.60. The molecule has 3 rings (SSSR count). The SMILES string of the molecule is Cc1ccc([N+](=O)[O-])cc1NC(=O)C1CSc2ncc(C)c(=O)n2C1. The van der Waals surface area contributed by atoms with E-state index in [0.29, 0.717) is 22.2 Å². The molecule has 1 aromatic heterocycles. The number of aryl methyl sites for hydroxylation is 2. The van der Waals surface area contributed by atoms with Crippen molar-refractivity contribution >= 4 is 29.0 Å². The van der Waals surface area contributed by atoms with Crippen molar-refractivity contribution in [2.75, 3.05) is 11.1 Å². The van der Waals surface area contributed by atoms with Crippen molar-refractivity contribution in [2.24, 2.45) is 5.92 Å². The second-order valence-corrected chi connectivity index (χ2v) is 6.88. The standard InChI is InChI=1S/C16H16N4O4S/c1-9-3-4-12(20(23)24)5-13(9)18-14(21)11-7-19-15(22)10(2)6-17-16(19)25-8-11/h3-6,11H,7-8H2,1-2H3,(H,18,21). The molecule has 1 aromatic carbocycles. The molecule has 130 valence electrons. The first kappa shape index (κ1) is 17.2. The number of anilines is 1. The average Bonchev–Trinajstić information content (AvgIpc) is 2.59. The predicted molar refractivity (Wildman–Crippen MR) is 93.9 cm³/mol. The summed E-state index contributed by atoms with van der Waals surface area (Å²) < 4.78 is 1.51. The fraction of sp³-hybridized carbons (Fsp3) is 0.312. The maximum Gasteiger partial charge on any atom is 0.271 e. The van der Waals surface area contributed by atoms with E-state index in [1.807, 2.05) is 0 Å². The van der Waals surface area contributed by atoms with Crippen LogP contribution in [0.4, 0.5) is 11.4 Å². The van der Waals surface area contributed by atoms with Gasteiger partial charge in [-0.05, 0) is 19.4 Å². The van der Waals surface area contributed by atoms with Crippen LogP contribution < -0.4 is 10.9 Å². The van der Waals surface area contributed by atoms with Crippen LogP contribution in [0, 0.1) is 29.9 Å². The fourth-order valence-electron chi connectivity index (χ4n) is 2.55. The zero-order valence-electron chi connectivity index (χ0n) is 13.7. The van der Waals surface area contributed by atoms with E-state index in [9.17, 15) is 19.7 Å². The number of amides is 1. The minimum atomic E-state index is -0.504. The summed E-state index contributed by atoms with van der Waals surface area (Å²) in [5, 5.41) is 14.3. The molecule has 1 aliphatic heterocycles. The van der Waals surface area contributed by atoms with Gasteiger partial charge in [-0.15, -0.1) is 0 Å². The first-order valence-corrected chi connectivity index (χ1v) is 8.60. The molecule has 0 saturated carbocycles. The highest BCUT2D eigenvalue weighted by atomic mass is 32.2. The number of fused-ring (bicyclic) bond motifs is 1. The third-order valence-corrected chi connectivity index (χ3v) is 5.21. The lowest BCUT2D eigenvalue weighted by Crippen LogP contribution is -2.37. The Balaban J connectivity index is 1.81. The van der Waals surface area contributed by atoms with Crippen molar-refractivity contribution < 1.29 is 9.72 Å². The van der Waals surface area contributed by atoms with Gasteiger partial charge in [0.1, 0.15) is 0 Å². The number of non-ortho nitro benzene ring substituents is 1. The maximum absolute atomic E-state index is 12.6. The lowest BCUT2D eigenvalue weighted by molar-refractivity contribution is -0.384. The third-order valence-electron chi connectivity index (χ3n) is 4.06. The van der Waals surface area contributed by atoms with Crippen LogP contribution in [0.1, 0.15) is 11.1 Å². The molecule has 1 amide bonds. The van der Waals surface area contributed by atoms with E-state index < -0.39 is 10.8 Å². The molecule has 0 radical (unpaired) electrons. The quantitative estimate of drug-likeness (QED) is 0.510. The molecule has 0 aliphatic carbocycles. The summed E-state index contributed by atoms with van der Waals surface area (Å²) in [5.41, 5.74) is 1.43. The molecular weight excluding hydrogens is 344 g/mol. The lowest BCUT2D eigenvalue weighted by Gasteiger charge is -2.24. The third kappa shape index (κ3) is 3.41. The van der Waals surface area contributed by atoms with Crippen molar-refractivity contribution in [2.45, 2.75) is 25.5 Å². The number of hydrogen-bond donors (Lipinski definition) is 1. The Bertz CT molecular complexity index is 925. The van der Waals surface area contributed by atoms with Crippen LogP contribution in [0.5, 0.6) is 0 Å². The molecule has 8 nitrogen and oxygen atoms in total. The first-order chi connectivity index (χ1) is 11.9. The highest BCUT2D eigenvalue weighted by Gasteiger charge is 2.27. The van der Waals surface area contributed by atoms with Gasteiger partial charge >= 0.3 is 0 Å². The molecule has 2 aromatic rings. The molecule has 2 heterocycles. The zero-order valence-corrected chi connectivity index (χ0v) is 14.5. The van der Waals surface area contributed by atoms with E-state index in [-0.39, 0.29) is 23.7 Å². The smallest absolute Gasteiger partial charge is 0.271 e. The molecule has 25 heavy (non-hydrogen) atoms. The molecule has 9 heteroatoms. The molecule has 1 unspecified atom stereocenters. The molecule has 1 atom stereocenters. The highest BCUT2D eigenvalue weighted by Crippen LogP contribution is 2.27. The number of nitrogens with one attached hydrogen (secondary N) is 1. The van der Waals surface area contributed by atoms with E-state index in [0.717, 1.165) is 5.56 Å². The van der Waals surface area contributed by atoms with Gasteiger partial charge in [-0.3, -0.25) is 24.3 Å². The number of nitrogens with zero attached hydrogens (tertiary/aromatic N) is 3. The Morgan fingerprint density at radius 3 is 2.88 bits per heavy atom. The Morgan fingerprint density at radius 2 is 2.16 bits per heavy atom. The number of nitro benzene ring substituents is 1. The van der Waals surface area contributed by atoms with Crippen LogP contribution in [0.2, 0.25) is 0 Å². The number of carbonyl (C=O) groups excluding carboxylic acids is 1. The molecule has 0 bridgehead atoms. The van der Waals surface area contributed by atoms with Crippen molar-refractivity contribution in [3.8, 4) is 0 Å². The summed E-state index contributed by atoms with van der Waals surface area (Å²) in [4.78, 5) is 39.4. The number of carbonyl (C=O) groups is 1. The molecule has 1 N–H and O–H groups in total. The van der Waals surface area contributed by atoms with Crippen LogP contribution in [0.15, 0.2) is 34.3 Å². The van der Waals surface area contributed by atoms with E-state index in [1.54, 1.807) is 19.9 Å². The second kappa shape index (κ2) is 6.67. The molecular formula is C16H16N4O4S. The van der Waals surface area contributed by atoms with Crippen LogP contribution in [0.3, 0.4) is 0 Å². The summed E-state index contributed by atoms with van der Waals surface area (Å²) in [7, 11) is 0. The van der Waals surface area contributed by atoms with Crippen LogP contribution in [-0.4, -0.2) is 26.1 Å². The van der Waals surface area contributed by atoms with E-state index in [2.05, 4.69) is 10.3 Å². The van der Waals surface area contributed by atoms with Crippen molar-refractivity contribution in [3.05, 3.63) is 56.0 Å². The van der Waals surface area contributed by atoms with Crippen molar-refractivity contribution in [1.82, 2.24) is 9.55 Å². The van der Waals surface area contributed by atoms with E-state index in [1.165, 1.54) is 34.7 Å². The maximum atomic E-state index is 12.6. The van der Waals surface area contributed by atoms with Crippen molar-refractivity contribution in [3.63, 3.8) is 0 Å². The van der Waals surface area contributed by atoms with Gasteiger partial charge in [0, 0.05) is 36.2 Å². The molecule has 0 saturated heterocycles. The lowest BCUT2D eigenvalue weighted by atomic mass is 10.1. The average molecular weight is 360 g/mol. The van der Waals surface area contributed by atoms with Gasteiger partial charge in [0.15, 0.2) is 5.16 Å². The van der Waals surface area contributed by atoms with Crippen LogP contribution in [0.25, 0.3) is 0 Å². The number of aromatic nitrogens is 2. The molecule has 0 fully saturated rings. The van der Waals surface area contributed by atoms with Gasteiger partial charge in [0.2, 0.25) is 5.91 Å².